The van der Waals surface area contributed by atoms with Crippen molar-refractivity contribution < 1.29 is 9.72 Å². The molecule has 26 heavy (non-hydrogen) atoms. The maximum Gasteiger partial charge on any atom is 0.269 e. The summed E-state index contributed by atoms with van der Waals surface area (Å²) in [6.07, 6.45) is 1.32. The number of rotatable bonds is 6. The topological polar surface area (TPSA) is 85.1 Å². The fourth-order valence-corrected chi connectivity index (χ4v) is 3.27. The molecule has 0 saturated carbocycles. The fourth-order valence-electron chi connectivity index (χ4n) is 2.44. The van der Waals surface area contributed by atoms with Crippen LogP contribution in [-0.4, -0.2) is 15.8 Å². The minimum Gasteiger partial charge on any atom is -0.326 e. The van der Waals surface area contributed by atoms with Gasteiger partial charge in [0, 0.05) is 40.7 Å². The molecule has 0 atom stereocenters. The van der Waals surface area contributed by atoms with Crippen LogP contribution in [0.15, 0.2) is 53.9 Å². The number of hydrogen-bond acceptors (Lipinski definition) is 5. The molecular formula is C19H17N3O3S. The molecule has 0 fully saturated rings. The number of nitro benzene ring substituents is 1. The van der Waals surface area contributed by atoms with Gasteiger partial charge in [0.2, 0.25) is 5.91 Å². The van der Waals surface area contributed by atoms with E-state index in [1.54, 1.807) is 12.1 Å². The van der Waals surface area contributed by atoms with Crippen molar-refractivity contribution in [1.29, 1.82) is 0 Å². The van der Waals surface area contributed by atoms with E-state index in [0.717, 1.165) is 33.9 Å². The number of carbonyl (C=O) groups excluding carboxylic acids is 1. The highest BCUT2D eigenvalue weighted by atomic mass is 32.1. The zero-order chi connectivity index (χ0) is 18.5. The summed E-state index contributed by atoms with van der Waals surface area (Å²) >= 11 is 1.48. The van der Waals surface area contributed by atoms with Gasteiger partial charge in [0.1, 0.15) is 5.01 Å². The molecule has 2 aromatic carbocycles. The lowest BCUT2D eigenvalue weighted by molar-refractivity contribution is -0.384. The van der Waals surface area contributed by atoms with Crippen LogP contribution in [0.1, 0.15) is 19.8 Å². The largest absolute Gasteiger partial charge is 0.326 e. The molecule has 0 aliphatic heterocycles. The Morgan fingerprint density at radius 3 is 2.38 bits per heavy atom. The molecule has 0 aliphatic rings. The number of amides is 1. The van der Waals surface area contributed by atoms with Gasteiger partial charge in [0.15, 0.2) is 0 Å². The van der Waals surface area contributed by atoms with E-state index in [2.05, 4.69) is 10.3 Å². The first-order chi connectivity index (χ1) is 12.6. The Hall–Kier alpha value is -3.06. The van der Waals surface area contributed by atoms with Crippen molar-refractivity contribution in [3.8, 4) is 21.8 Å². The lowest BCUT2D eigenvalue weighted by Crippen LogP contribution is -2.10. The molecule has 1 heterocycles. The van der Waals surface area contributed by atoms with Gasteiger partial charge in [0.25, 0.3) is 5.69 Å². The maximum atomic E-state index is 11.6. The molecule has 132 valence electrons. The molecule has 0 bridgehead atoms. The number of hydrogen-bond donors (Lipinski definition) is 1. The molecule has 3 rings (SSSR count). The van der Waals surface area contributed by atoms with E-state index in [4.69, 9.17) is 0 Å². The minimum atomic E-state index is -0.419. The smallest absolute Gasteiger partial charge is 0.269 e. The Morgan fingerprint density at radius 2 is 1.77 bits per heavy atom. The molecule has 0 radical (unpaired) electrons. The Balaban J connectivity index is 1.75. The van der Waals surface area contributed by atoms with Crippen LogP contribution in [-0.2, 0) is 4.79 Å². The van der Waals surface area contributed by atoms with Gasteiger partial charge in [-0.25, -0.2) is 4.98 Å². The van der Waals surface area contributed by atoms with Crippen LogP contribution in [0.5, 0.6) is 0 Å². The van der Waals surface area contributed by atoms with Gasteiger partial charge in [-0.3, -0.25) is 14.9 Å². The molecule has 0 aliphatic carbocycles. The third kappa shape index (κ3) is 4.12. The van der Waals surface area contributed by atoms with Crippen molar-refractivity contribution in [2.24, 2.45) is 0 Å². The summed E-state index contributed by atoms with van der Waals surface area (Å²) in [6.45, 7) is 1.97. The number of nitrogens with one attached hydrogen (secondary N) is 1. The highest BCUT2D eigenvalue weighted by Crippen LogP contribution is 2.30. The summed E-state index contributed by atoms with van der Waals surface area (Å²) in [4.78, 5) is 26.6. The van der Waals surface area contributed by atoms with Crippen molar-refractivity contribution in [3.05, 3.63) is 64.0 Å². The summed E-state index contributed by atoms with van der Waals surface area (Å²) in [6, 6.07) is 13.9. The third-order valence-electron chi connectivity index (χ3n) is 3.77. The second-order valence-corrected chi connectivity index (χ2v) is 6.58. The van der Waals surface area contributed by atoms with Crippen LogP contribution in [0.4, 0.5) is 11.4 Å². The first-order valence-corrected chi connectivity index (χ1v) is 9.05. The average molecular weight is 367 g/mol. The molecule has 1 aromatic heterocycles. The Kier molecular flexibility index (Phi) is 5.38. The van der Waals surface area contributed by atoms with Gasteiger partial charge in [0.05, 0.1) is 10.6 Å². The molecule has 6 nitrogen and oxygen atoms in total. The van der Waals surface area contributed by atoms with Gasteiger partial charge >= 0.3 is 0 Å². The van der Waals surface area contributed by atoms with Crippen LogP contribution >= 0.6 is 11.3 Å². The van der Waals surface area contributed by atoms with Crippen LogP contribution in [0, 0.1) is 10.1 Å². The molecule has 7 heteroatoms. The number of nitro groups is 1. The standard InChI is InChI=1S/C19H17N3O3S/c1-2-3-18(23)20-15-8-4-13(5-9-15)17-12-26-19(21-17)14-6-10-16(11-7-14)22(24)25/h4-12H,2-3H2,1H3,(H,20,23). The highest BCUT2D eigenvalue weighted by molar-refractivity contribution is 7.13. The number of aromatic nitrogens is 1. The quantitative estimate of drug-likeness (QED) is 0.484. The van der Waals surface area contributed by atoms with E-state index in [1.165, 1.54) is 23.5 Å². The van der Waals surface area contributed by atoms with E-state index in [1.807, 2.05) is 36.6 Å². The second kappa shape index (κ2) is 7.88. The predicted molar refractivity (Wildman–Crippen MR) is 103 cm³/mol. The first-order valence-electron chi connectivity index (χ1n) is 8.17. The lowest BCUT2D eigenvalue weighted by atomic mass is 10.1. The van der Waals surface area contributed by atoms with Crippen LogP contribution in [0.2, 0.25) is 0 Å². The molecule has 0 saturated heterocycles. The van der Waals surface area contributed by atoms with Crippen molar-refractivity contribution in [3.63, 3.8) is 0 Å². The average Bonchev–Trinajstić information content (AvgIpc) is 3.13. The number of benzene rings is 2. The van der Waals surface area contributed by atoms with E-state index >= 15 is 0 Å². The van der Waals surface area contributed by atoms with Gasteiger partial charge in [-0.15, -0.1) is 11.3 Å². The fraction of sp³-hybridized carbons (Fsp3) is 0.158. The van der Waals surface area contributed by atoms with Crippen molar-refractivity contribution in [2.45, 2.75) is 19.8 Å². The molecular weight excluding hydrogens is 350 g/mol. The second-order valence-electron chi connectivity index (χ2n) is 5.72. The van der Waals surface area contributed by atoms with Crippen LogP contribution in [0.25, 0.3) is 21.8 Å². The van der Waals surface area contributed by atoms with Crippen molar-refractivity contribution in [1.82, 2.24) is 4.98 Å². The molecule has 3 aromatic rings. The monoisotopic (exact) mass is 367 g/mol. The summed E-state index contributed by atoms with van der Waals surface area (Å²) in [5, 5.41) is 16.3. The van der Waals surface area contributed by atoms with Gasteiger partial charge in [-0.1, -0.05) is 19.1 Å². The summed E-state index contributed by atoms with van der Waals surface area (Å²) in [7, 11) is 0. The normalized spacial score (nSPS) is 10.5. The Morgan fingerprint density at radius 1 is 1.12 bits per heavy atom. The summed E-state index contributed by atoms with van der Waals surface area (Å²) in [5.41, 5.74) is 3.44. The molecule has 0 unspecified atom stereocenters. The number of nitrogens with zero attached hydrogens (tertiary/aromatic N) is 2. The van der Waals surface area contributed by atoms with Crippen LogP contribution < -0.4 is 5.32 Å². The number of carbonyl (C=O) groups is 1. The summed E-state index contributed by atoms with van der Waals surface area (Å²) < 4.78 is 0. The molecule has 1 amide bonds. The molecule has 0 spiro atoms. The highest BCUT2D eigenvalue weighted by Gasteiger charge is 2.10. The first kappa shape index (κ1) is 17.8. The minimum absolute atomic E-state index is 0.00867. The van der Waals surface area contributed by atoms with E-state index in [0.29, 0.717) is 6.42 Å². The van der Waals surface area contributed by atoms with Crippen molar-refractivity contribution >= 4 is 28.6 Å². The van der Waals surface area contributed by atoms with Gasteiger partial charge in [-0.2, -0.15) is 0 Å². The Bertz CT molecular complexity index is 918. The zero-order valence-electron chi connectivity index (χ0n) is 14.1. The Labute approximate surface area is 154 Å². The zero-order valence-corrected chi connectivity index (χ0v) is 15.0. The van der Waals surface area contributed by atoms with E-state index in [9.17, 15) is 14.9 Å². The maximum absolute atomic E-state index is 11.6. The number of non-ortho nitro benzene ring substituents is 1. The van der Waals surface area contributed by atoms with E-state index < -0.39 is 4.92 Å². The number of thiazole rings is 1. The molecule has 1 N–H and O–H groups in total. The third-order valence-corrected chi connectivity index (χ3v) is 4.66. The van der Waals surface area contributed by atoms with Crippen molar-refractivity contribution in [2.75, 3.05) is 5.32 Å². The van der Waals surface area contributed by atoms with Gasteiger partial charge in [-0.05, 0) is 30.7 Å². The lowest BCUT2D eigenvalue weighted by Gasteiger charge is -2.05. The van der Waals surface area contributed by atoms with Crippen LogP contribution in [0.3, 0.4) is 0 Å². The van der Waals surface area contributed by atoms with E-state index in [-0.39, 0.29) is 11.6 Å². The predicted octanol–water partition coefficient (Wildman–Crippen LogP) is 5.12. The number of anilines is 1. The SMILES string of the molecule is CCCC(=O)Nc1ccc(-c2csc(-c3ccc([N+](=O)[O-])cc3)n2)cc1. The summed E-state index contributed by atoms with van der Waals surface area (Å²) in [5.74, 6) is 0.00867. The van der Waals surface area contributed by atoms with Gasteiger partial charge < -0.3 is 5.32 Å².